The maximum atomic E-state index is 5.94. The Balaban J connectivity index is 1.74. The topological polar surface area (TPSA) is 105 Å². The number of aromatic nitrogens is 5. The Morgan fingerprint density at radius 3 is 3.05 bits per heavy atom. The second-order valence-corrected chi connectivity index (χ2v) is 5.97. The van der Waals surface area contributed by atoms with Gasteiger partial charge in [0.1, 0.15) is 23.0 Å². The molecular weight excluding hydrogens is 294 g/mol. The molecule has 0 amide bonds. The summed E-state index contributed by atoms with van der Waals surface area (Å²) in [5, 5.41) is 13.9. The predicted molar refractivity (Wildman–Crippen MR) is 80.9 cm³/mol. The molecule has 0 saturated carbocycles. The first-order valence-corrected chi connectivity index (χ1v) is 7.65. The van der Waals surface area contributed by atoms with Gasteiger partial charge < -0.3 is 11.1 Å². The van der Waals surface area contributed by atoms with Crippen molar-refractivity contribution in [1.82, 2.24) is 24.5 Å². The van der Waals surface area contributed by atoms with E-state index in [0.717, 1.165) is 40.1 Å². The van der Waals surface area contributed by atoms with Gasteiger partial charge in [0, 0.05) is 18.3 Å². The first kappa shape index (κ1) is 13.0. The van der Waals surface area contributed by atoms with E-state index in [1.807, 2.05) is 12.3 Å². The minimum atomic E-state index is 0.516. The van der Waals surface area contributed by atoms with E-state index in [4.69, 9.17) is 5.73 Å². The number of thiazole rings is 1. The zero-order valence-electron chi connectivity index (χ0n) is 10.8. The van der Waals surface area contributed by atoms with Crippen molar-refractivity contribution in [2.45, 2.75) is 13.3 Å². The van der Waals surface area contributed by atoms with E-state index in [2.05, 4.69) is 29.9 Å². The Bertz CT molecular complexity index is 686. The molecule has 0 aliphatic heterocycles. The van der Waals surface area contributed by atoms with Crippen LogP contribution in [0.5, 0.6) is 0 Å². The van der Waals surface area contributed by atoms with Crippen LogP contribution in [-0.2, 0) is 6.42 Å². The van der Waals surface area contributed by atoms with Crippen molar-refractivity contribution in [3.05, 3.63) is 22.5 Å². The molecule has 4 N–H and O–H groups in total. The monoisotopic (exact) mass is 307 g/mol. The van der Waals surface area contributed by atoms with Crippen LogP contribution in [-0.4, -0.2) is 31.1 Å². The Labute approximate surface area is 123 Å². The summed E-state index contributed by atoms with van der Waals surface area (Å²) < 4.78 is 4.20. The highest BCUT2D eigenvalue weighted by atomic mass is 32.1. The fourth-order valence-electron chi connectivity index (χ4n) is 1.79. The fourth-order valence-corrected chi connectivity index (χ4v) is 3.15. The molecule has 0 aliphatic carbocycles. The predicted octanol–water partition coefficient (Wildman–Crippen LogP) is 1.93. The van der Waals surface area contributed by atoms with Crippen molar-refractivity contribution in [3.8, 4) is 11.3 Å². The van der Waals surface area contributed by atoms with Crippen molar-refractivity contribution in [3.63, 3.8) is 0 Å². The number of rotatable bonds is 5. The zero-order valence-corrected chi connectivity index (χ0v) is 12.4. The van der Waals surface area contributed by atoms with E-state index >= 15 is 0 Å². The maximum Gasteiger partial charge on any atom is 0.148 e. The lowest BCUT2D eigenvalue weighted by Crippen LogP contribution is -2.06. The summed E-state index contributed by atoms with van der Waals surface area (Å²) in [6.45, 7) is 2.70. The van der Waals surface area contributed by atoms with Gasteiger partial charge in [-0.3, -0.25) is 5.10 Å². The molecule has 0 aromatic carbocycles. The van der Waals surface area contributed by atoms with Crippen molar-refractivity contribution in [2.75, 3.05) is 17.6 Å². The van der Waals surface area contributed by atoms with Crippen molar-refractivity contribution in [1.29, 1.82) is 0 Å². The molecule has 0 aliphatic rings. The fraction of sp³-hybridized carbons (Fsp3) is 0.273. The summed E-state index contributed by atoms with van der Waals surface area (Å²) in [7, 11) is 0. The highest BCUT2D eigenvalue weighted by Gasteiger charge is 2.15. The van der Waals surface area contributed by atoms with Crippen molar-refractivity contribution in [2.24, 2.45) is 0 Å². The molecule has 3 rings (SSSR count). The van der Waals surface area contributed by atoms with E-state index in [9.17, 15) is 0 Å². The number of hydrogen-bond acceptors (Lipinski definition) is 8. The summed E-state index contributed by atoms with van der Waals surface area (Å²) in [5.74, 6) is 1.36. The van der Waals surface area contributed by atoms with Crippen LogP contribution in [0, 0.1) is 6.92 Å². The third-order valence-corrected chi connectivity index (χ3v) is 4.30. The van der Waals surface area contributed by atoms with Crippen LogP contribution < -0.4 is 11.1 Å². The molecule has 0 atom stereocenters. The standard InChI is InChI=1S/C11H13N7S2/c1-6-16-7(4-19-6)9-10(12)18-20-11(9)13-3-2-8-14-5-15-17-8/h4-5,13H,2-3H2,1H3,(H2,12,18)(H,14,15,17). The van der Waals surface area contributed by atoms with Crippen LogP contribution in [0.2, 0.25) is 0 Å². The van der Waals surface area contributed by atoms with Crippen LogP contribution in [0.3, 0.4) is 0 Å². The molecule has 3 aromatic rings. The van der Waals surface area contributed by atoms with Crippen LogP contribution in [0.25, 0.3) is 11.3 Å². The average molecular weight is 307 g/mol. The summed E-state index contributed by atoms with van der Waals surface area (Å²) in [6.07, 6.45) is 2.26. The lowest BCUT2D eigenvalue weighted by molar-refractivity contribution is 0.903. The normalized spacial score (nSPS) is 10.8. The lowest BCUT2D eigenvalue weighted by Gasteiger charge is -2.04. The molecule has 9 heteroatoms. The van der Waals surface area contributed by atoms with E-state index in [-0.39, 0.29) is 0 Å². The van der Waals surface area contributed by atoms with Gasteiger partial charge in [-0.2, -0.15) is 9.47 Å². The Morgan fingerprint density at radius 2 is 2.35 bits per heavy atom. The van der Waals surface area contributed by atoms with Crippen molar-refractivity contribution >= 4 is 33.7 Å². The summed E-state index contributed by atoms with van der Waals surface area (Å²) in [6, 6.07) is 0. The minimum Gasteiger partial charge on any atom is -0.382 e. The highest BCUT2D eigenvalue weighted by molar-refractivity contribution is 7.11. The molecule has 3 heterocycles. The van der Waals surface area contributed by atoms with Gasteiger partial charge in [0.05, 0.1) is 16.3 Å². The van der Waals surface area contributed by atoms with E-state index < -0.39 is 0 Å². The van der Waals surface area contributed by atoms with Gasteiger partial charge in [-0.1, -0.05) is 0 Å². The molecule has 0 fully saturated rings. The number of hydrogen-bond donors (Lipinski definition) is 3. The van der Waals surface area contributed by atoms with Crippen LogP contribution in [0.15, 0.2) is 11.7 Å². The van der Waals surface area contributed by atoms with E-state index in [0.29, 0.717) is 5.82 Å². The summed E-state index contributed by atoms with van der Waals surface area (Å²) in [5.41, 5.74) is 7.71. The number of H-pyrrole nitrogens is 1. The minimum absolute atomic E-state index is 0.516. The Morgan fingerprint density at radius 1 is 1.45 bits per heavy atom. The second kappa shape index (κ2) is 5.55. The smallest absolute Gasteiger partial charge is 0.148 e. The van der Waals surface area contributed by atoms with E-state index in [1.54, 1.807) is 11.3 Å². The molecule has 7 nitrogen and oxygen atoms in total. The van der Waals surface area contributed by atoms with Gasteiger partial charge in [0.2, 0.25) is 0 Å². The largest absolute Gasteiger partial charge is 0.382 e. The number of anilines is 2. The Kier molecular flexibility index (Phi) is 3.61. The zero-order chi connectivity index (χ0) is 13.9. The lowest BCUT2D eigenvalue weighted by atomic mass is 10.2. The van der Waals surface area contributed by atoms with Gasteiger partial charge in [-0.15, -0.1) is 11.3 Å². The average Bonchev–Trinajstić information content (AvgIpc) is 3.12. The Hall–Kier alpha value is -2.00. The van der Waals surface area contributed by atoms with Gasteiger partial charge in [0.25, 0.3) is 0 Å². The molecule has 3 aromatic heterocycles. The SMILES string of the molecule is Cc1nc(-c2c(N)nsc2NCCc2ncn[nH]2)cs1. The number of nitrogen functional groups attached to an aromatic ring is 1. The van der Waals surface area contributed by atoms with Gasteiger partial charge in [0.15, 0.2) is 0 Å². The maximum absolute atomic E-state index is 5.94. The summed E-state index contributed by atoms with van der Waals surface area (Å²) >= 11 is 2.95. The highest BCUT2D eigenvalue weighted by Crippen LogP contribution is 2.36. The molecular formula is C11H13N7S2. The third kappa shape index (κ3) is 2.63. The molecule has 0 radical (unpaired) electrons. The van der Waals surface area contributed by atoms with Gasteiger partial charge in [-0.25, -0.2) is 9.97 Å². The quantitative estimate of drug-likeness (QED) is 0.665. The number of nitrogens with one attached hydrogen (secondary N) is 2. The number of nitrogens with zero attached hydrogens (tertiary/aromatic N) is 4. The molecule has 0 unspecified atom stereocenters. The first-order chi connectivity index (χ1) is 9.74. The number of nitrogens with two attached hydrogens (primary N) is 1. The summed E-state index contributed by atoms with van der Waals surface area (Å²) in [4.78, 5) is 8.55. The van der Waals surface area contributed by atoms with Gasteiger partial charge in [-0.05, 0) is 18.5 Å². The molecule has 0 spiro atoms. The van der Waals surface area contributed by atoms with Crippen LogP contribution >= 0.6 is 22.9 Å². The third-order valence-electron chi connectivity index (χ3n) is 2.71. The molecule has 20 heavy (non-hydrogen) atoms. The van der Waals surface area contributed by atoms with Crippen molar-refractivity contribution < 1.29 is 0 Å². The van der Waals surface area contributed by atoms with Gasteiger partial charge >= 0.3 is 0 Å². The van der Waals surface area contributed by atoms with Crippen LogP contribution in [0.1, 0.15) is 10.8 Å². The van der Waals surface area contributed by atoms with E-state index in [1.165, 1.54) is 17.9 Å². The first-order valence-electron chi connectivity index (χ1n) is 6.00. The molecule has 0 bridgehead atoms. The number of aromatic amines is 1. The molecule has 104 valence electrons. The second-order valence-electron chi connectivity index (χ2n) is 4.13. The number of aryl methyl sites for hydroxylation is 1. The molecule has 0 saturated heterocycles. The van der Waals surface area contributed by atoms with Crippen LogP contribution in [0.4, 0.5) is 10.8 Å².